The largest absolute Gasteiger partial charge is 0.481 e. The highest BCUT2D eigenvalue weighted by Gasteiger charge is 2.44. The van der Waals surface area contributed by atoms with Crippen molar-refractivity contribution in [3.63, 3.8) is 0 Å². The molecule has 3 heteroatoms. The molecule has 1 saturated heterocycles. The summed E-state index contributed by atoms with van der Waals surface area (Å²) in [6, 6.07) is 0. The minimum Gasteiger partial charge on any atom is -0.481 e. The zero-order valence-corrected chi connectivity index (χ0v) is 8.61. The van der Waals surface area contributed by atoms with Crippen molar-refractivity contribution >= 4 is 5.97 Å². The number of carboxylic acid groups (broad SMARTS) is 1. The van der Waals surface area contributed by atoms with Crippen LogP contribution >= 0.6 is 0 Å². The van der Waals surface area contributed by atoms with E-state index in [9.17, 15) is 4.79 Å². The van der Waals surface area contributed by atoms with Crippen molar-refractivity contribution in [2.24, 2.45) is 11.8 Å². The average molecular weight is 198 g/mol. The van der Waals surface area contributed by atoms with Crippen LogP contribution < -0.4 is 0 Å². The fourth-order valence-corrected chi connectivity index (χ4v) is 2.50. The summed E-state index contributed by atoms with van der Waals surface area (Å²) in [5.74, 6) is -0.393. The molecule has 0 aromatic rings. The number of carbonyl (C=O) groups is 1. The molecule has 1 aliphatic carbocycles. The fourth-order valence-electron chi connectivity index (χ4n) is 2.50. The van der Waals surface area contributed by atoms with Gasteiger partial charge in [-0.15, -0.1) is 0 Å². The Labute approximate surface area is 84.4 Å². The standard InChI is InChI=1S/C11H18O3/c1-2-8-6-9(11(12)13)10(14-8)7-4-3-5-7/h7-10H,2-6H2,1H3,(H,12,13). The SMILES string of the molecule is CCC1CC(C(=O)O)C(C2CCC2)O1. The molecule has 1 N–H and O–H groups in total. The van der Waals surface area contributed by atoms with E-state index < -0.39 is 5.97 Å². The van der Waals surface area contributed by atoms with Gasteiger partial charge in [-0.1, -0.05) is 13.3 Å². The van der Waals surface area contributed by atoms with Crippen LogP contribution in [0.15, 0.2) is 0 Å². The first-order valence-electron chi connectivity index (χ1n) is 5.60. The van der Waals surface area contributed by atoms with Gasteiger partial charge in [0.25, 0.3) is 0 Å². The molecule has 0 radical (unpaired) electrons. The Morgan fingerprint density at radius 3 is 2.64 bits per heavy atom. The maximum Gasteiger partial charge on any atom is 0.309 e. The van der Waals surface area contributed by atoms with Gasteiger partial charge in [-0.3, -0.25) is 4.79 Å². The topological polar surface area (TPSA) is 46.5 Å². The second kappa shape index (κ2) is 3.89. The lowest BCUT2D eigenvalue weighted by molar-refractivity contribution is -0.145. The third-order valence-electron chi connectivity index (χ3n) is 3.65. The van der Waals surface area contributed by atoms with Gasteiger partial charge < -0.3 is 9.84 Å². The van der Waals surface area contributed by atoms with E-state index >= 15 is 0 Å². The Morgan fingerprint density at radius 2 is 2.21 bits per heavy atom. The summed E-state index contributed by atoms with van der Waals surface area (Å²) >= 11 is 0. The van der Waals surface area contributed by atoms with Crippen LogP contribution in [0.1, 0.15) is 39.0 Å². The van der Waals surface area contributed by atoms with E-state index in [0.29, 0.717) is 12.3 Å². The minimum atomic E-state index is -0.669. The number of hydrogen-bond donors (Lipinski definition) is 1. The molecular weight excluding hydrogens is 180 g/mol. The lowest BCUT2D eigenvalue weighted by Crippen LogP contribution is -2.35. The average Bonchev–Trinajstić information content (AvgIpc) is 2.45. The van der Waals surface area contributed by atoms with Gasteiger partial charge in [-0.05, 0) is 31.6 Å². The highest BCUT2D eigenvalue weighted by molar-refractivity contribution is 5.71. The molecule has 0 amide bonds. The molecule has 14 heavy (non-hydrogen) atoms. The van der Waals surface area contributed by atoms with Crippen molar-refractivity contribution in [2.45, 2.75) is 51.2 Å². The molecule has 0 spiro atoms. The zero-order valence-electron chi connectivity index (χ0n) is 8.61. The maximum absolute atomic E-state index is 11.0. The maximum atomic E-state index is 11.0. The van der Waals surface area contributed by atoms with Crippen molar-refractivity contribution in [2.75, 3.05) is 0 Å². The second-order valence-electron chi connectivity index (χ2n) is 4.50. The molecule has 0 aromatic heterocycles. The quantitative estimate of drug-likeness (QED) is 0.755. The number of rotatable bonds is 3. The monoisotopic (exact) mass is 198 g/mol. The highest BCUT2D eigenvalue weighted by atomic mass is 16.5. The van der Waals surface area contributed by atoms with Gasteiger partial charge in [-0.2, -0.15) is 0 Å². The number of aliphatic carboxylic acids is 1. The van der Waals surface area contributed by atoms with E-state index in [1.807, 2.05) is 0 Å². The van der Waals surface area contributed by atoms with Crippen LogP contribution in [0, 0.1) is 11.8 Å². The first-order valence-corrected chi connectivity index (χ1v) is 5.60. The first-order chi connectivity index (χ1) is 6.72. The molecule has 0 bridgehead atoms. The number of hydrogen-bond acceptors (Lipinski definition) is 2. The molecular formula is C11H18O3. The molecule has 3 unspecified atom stereocenters. The summed E-state index contributed by atoms with van der Waals surface area (Å²) in [6.07, 6.45) is 5.40. The lowest BCUT2D eigenvalue weighted by Gasteiger charge is -2.32. The predicted molar refractivity (Wildman–Crippen MR) is 52.0 cm³/mol. The van der Waals surface area contributed by atoms with Gasteiger partial charge in [0.15, 0.2) is 0 Å². The summed E-state index contributed by atoms with van der Waals surface area (Å²) < 4.78 is 5.81. The smallest absolute Gasteiger partial charge is 0.309 e. The molecule has 80 valence electrons. The number of ether oxygens (including phenoxy) is 1. The van der Waals surface area contributed by atoms with Crippen LogP contribution in [-0.4, -0.2) is 23.3 Å². The van der Waals surface area contributed by atoms with Gasteiger partial charge in [-0.25, -0.2) is 0 Å². The Balaban J connectivity index is 2.01. The Kier molecular flexibility index (Phi) is 2.77. The van der Waals surface area contributed by atoms with Gasteiger partial charge >= 0.3 is 5.97 Å². The molecule has 3 nitrogen and oxygen atoms in total. The van der Waals surface area contributed by atoms with Crippen LogP contribution in [0.2, 0.25) is 0 Å². The van der Waals surface area contributed by atoms with Crippen molar-refractivity contribution in [3.8, 4) is 0 Å². The van der Waals surface area contributed by atoms with E-state index in [1.54, 1.807) is 0 Å². The number of carboxylic acids is 1. The zero-order chi connectivity index (χ0) is 10.1. The molecule has 1 aliphatic heterocycles. The summed E-state index contributed by atoms with van der Waals surface area (Å²) in [4.78, 5) is 11.0. The fraction of sp³-hybridized carbons (Fsp3) is 0.909. The third kappa shape index (κ3) is 1.65. The molecule has 2 fully saturated rings. The van der Waals surface area contributed by atoms with Gasteiger partial charge in [0.1, 0.15) is 0 Å². The molecule has 1 saturated carbocycles. The van der Waals surface area contributed by atoms with E-state index in [0.717, 1.165) is 19.3 Å². The van der Waals surface area contributed by atoms with Crippen LogP contribution in [-0.2, 0) is 9.53 Å². The van der Waals surface area contributed by atoms with Crippen LogP contribution in [0.5, 0.6) is 0 Å². The van der Waals surface area contributed by atoms with Gasteiger partial charge in [0.2, 0.25) is 0 Å². The minimum absolute atomic E-state index is 0.00574. The molecule has 3 atom stereocenters. The van der Waals surface area contributed by atoms with Gasteiger partial charge in [0.05, 0.1) is 18.1 Å². The van der Waals surface area contributed by atoms with E-state index in [-0.39, 0.29) is 18.1 Å². The highest BCUT2D eigenvalue weighted by Crippen LogP contribution is 2.41. The van der Waals surface area contributed by atoms with Crippen molar-refractivity contribution in [1.29, 1.82) is 0 Å². The molecule has 2 aliphatic rings. The summed E-state index contributed by atoms with van der Waals surface area (Å²) in [6.45, 7) is 2.06. The van der Waals surface area contributed by atoms with E-state index in [4.69, 9.17) is 9.84 Å². The predicted octanol–water partition coefficient (Wildman–Crippen LogP) is 2.05. The molecule has 0 aromatic carbocycles. The molecule has 2 rings (SSSR count). The summed E-state index contributed by atoms with van der Waals surface area (Å²) in [5.41, 5.74) is 0. The van der Waals surface area contributed by atoms with Crippen LogP contribution in [0.3, 0.4) is 0 Å². The Bertz CT molecular complexity index is 223. The summed E-state index contributed by atoms with van der Waals surface area (Å²) in [5, 5.41) is 9.09. The summed E-state index contributed by atoms with van der Waals surface area (Å²) in [7, 11) is 0. The van der Waals surface area contributed by atoms with Crippen LogP contribution in [0.25, 0.3) is 0 Å². The molecule has 1 heterocycles. The normalized spacial score (nSPS) is 38.2. The van der Waals surface area contributed by atoms with Crippen LogP contribution in [0.4, 0.5) is 0 Å². The van der Waals surface area contributed by atoms with Crippen molar-refractivity contribution < 1.29 is 14.6 Å². The second-order valence-corrected chi connectivity index (χ2v) is 4.50. The first kappa shape index (κ1) is 9.97. The van der Waals surface area contributed by atoms with E-state index in [2.05, 4.69) is 6.92 Å². The van der Waals surface area contributed by atoms with E-state index in [1.165, 1.54) is 6.42 Å². The Morgan fingerprint density at radius 1 is 1.50 bits per heavy atom. The third-order valence-corrected chi connectivity index (χ3v) is 3.65. The van der Waals surface area contributed by atoms with Crippen molar-refractivity contribution in [1.82, 2.24) is 0 Å². The van der Waals surface area contributed by atoms with Gasteiger partial charge in [0, 0.05) is 0 Å². The lowest BCUT2D eigenvalue weighted by atomic mass is 9.76. The van der Waals surface area contributed by atoms with Crippen molar-refractivity contribution in [3.05, 3.63) is 0 Å². The Hall–Kier alpha value is -0.570.